The van der Waals surface area contributed by atoms with Gasteiger partial charge in [0.05, 0.1) is 11.6 Å². The molecular formula is C13H13N3O3. The van der Waals surface area contributed by atoms with Crippen molar-refractivity contribution in [1.82, 2.24) is 9.88 Å². The lowest BCUT2D eigenvalue weighted by Gasteiger charge is -2.15. The number of nitriles is 1. The number of H-pyrrole nitrogens is 1. The maximum Gasteiger partial charge on any atom is 0.417 e. The Kier molecular flexibility index (Phi) is 3.66. The Morgan fingerprint density at radius 1 is 1.53 bits per heavy atom. The Balaban J connectivity index is 2.03. The smallest absolute Gasteiger partial charge is 0.408 e. The van der Waals surface area contributed by atoms with E-state index in [1.54, 1.807) is 13.1 Å². The number of benzene rings is 1. The molecule has 0 atom stereocenters. The van der Waals surface area contributed by atoms with Crippen LogP contribution in [0.5, 0.6) is 0 Å². The summed E-state index contributed by atoms with van der Waals surface area (Å²) in [5.74, 6) is -0.672. The van der Waals surface area contributed by atoms with E-state index >= 15 is 0 Å². The molecule has 6 nitrogen and oxygen atoms in total. The van der Waals surface area contributed by atoms with Crippen molar-refractivity contribution in [3.63, 3.8) is 0 Å². The first kappa shape index (κ1) is 12.9. The summed E-state index contributed by atoms with van der Waals surface area (Å²) in [5.41, 5.74) is 2.15. The average Bonchev–Trinajstić information content (AvgIpc) is 2.75. The summed E-state index contributed by atoms with van der Waals surface area (Å²) >= 11 is 0. The SMILES string of the molecule is CN(CCc1ccc2oc(=O)[nH]c2c1)C(=O)CC#N. The largest absolute Gasteiger partial charge is 0.417 e. The standard InChI is InChI=1S/C13H13N3O3/c1-16(12(17)4-6-14)7-5-9-2-3-11-10(8-9)15-13(18)19-11/h2-3,8H,4-5,7H2,1H3,(H,15,18). The van der Waals surface area contributed by atoms with Gasteiger partial charge in [0, 0.05) is 13.6 Å². The Labute approximate surface area is 109 Å². The van der Waals surface area contributed by atoms with E-state index in [1.807, 2.05) is 18.2 Å². The van der Waals surface area contributed by atoms with Crippen molar-refractivity contribution < 1.29 is 9.21 Å². The predicted octanol–water partition coefficient (Wildman–Crippen LogP) is 1.04. The molecule has 1 amide bonds. The third-order valence-electron chi connectivity index (χ3n) is 2.88. The minimum absolute atomic E-state index is 0.107. The maximum absolute atomic E-state index is 11.4. The zero-order valence-electron chi connectivity index (χ0n) is 10.5. The number of nitrogens with zero attached hydrogens (tertiary/aromatic N) is 2. The van der Waals surface area contributed by atoms with Crippen molar-refractivity contribution in [2.24, 2.45) is 0 Å². The number of fused-ring (bicyclic) bond motifs is 1. The van der Waals surface area contributed by atoms with E-state index in [0.29, 0.717) is 24.1 Å². The van der Waals surface area contributed by atoms with Gasteiger partial charge >= 0.3 is 5.76 Å². The second kappa shape index (κ2) is 5.40. The molecule has 1 heterocycles. The summed E-state index contributed by atoms with van der Waals surface area (Å²) in [7, 11) is 1.66. The molecule has 0 aliphatic carbocycles. The van der Waals surface area contributed by atoms with E-state index in [9.17, 15) is 9.59 Å². The predicted molar refractivity (Wildman–Crippen MR) is 68.4 cm³/mol. The first-order valence-corrected chi connectivity index (χ1v) is 5.83. The molecule has 1 aromatic heterocycles. The van der Waals surface area contributed by atoms with E-state index in [1.165, 1.54) is 4.90 Å². The summed E-state index contributed by atoms with van der Waals surface area (Å²) in [6.07, 6.45) is 0.543. The molecule has 0 aliphatic rings. The van der Waals surface area contributed by atoms with Gasteiger partial charge in [0.1, 0.15) is 6.42 Å². The summed E-state index contributed by atoms with van der Waals surface area (Å²) in [6, 6.07) is 7.22. The van der Waals surface area contributed by atoms with Crippen molar-refractivity contribution in [1.29, 1.82) is 5.26 Å². The van der Waals surface area contributed by atoms with Crippen LogP contribution in [0.1, 0.15) is 12.0 Å². The van der Waals surface area contributed by atoms with E-state index in [2.05, 4.69) is 4.98 Å². The van der Waals surface area contributed by atoms with E-state index in [-0.39, 0.29) is 12.3 Å². The van der Waals surface area contributed by atoms with Crippen LogP contribution in [0.4, 0.5) is 0 Å². The number of carbonyl (C=O) groups is 1. The van der Waals surface area contributed by atoms with Gasteiger partial charge in [-0.1, -0.05) is 6.07 Å². The highest BCUT2D eigenvalue weighted by atomic mass is 16.4. The highest BCUT2D eigenvalue weighted by Gasteiger charge is 2.08. The van der Waals surface area contributed by atoms with Crippen LogP contribution >= 0.6 is 0 Å². The molecular weight excluding hydrogens is 246 g/mol. The van der Waals surface area contributed by atoms with Gasteiger partial charge < -0.3 is 9.32 Å². The minimum Gasteiger partial charge on any atom is -0.408 e. The van der Waals surface area contributed by atoms with Crippen molar-refractivity contribution in [3.05, 3.63) is 34.3 Å². The van der Waals surface area contributed by atoms with Gasteiger partial charge in [0.2, 0.25) is 5.91 Å². The van der Waals surface area contributed by atoms with Crippen molar-refractivity contribution in [2.75, 3.05) is 13.6 Å². The average molecular weight is 259 g/mol. The number of carbonyl (C=O) groups excluding carboxylic acids is 1. The number of oxazole rings is 1. The zero-order valence-corrected chi connectivity index (χ0v) is 10.5. The maximum atomic E-state index is 11.4. The first-order chi connectivity index (χ1) is 9.10. The van der Waals surface area contributed by atoms with Crippen LogP contribution < -0.4 is 5.76 Å². The quantitative estimate of drug-likeness (QED) is 0.888. The third kappa shape index (κ3) is 3.01. The van der Waals surface area contributed by atoms with Gasteiger partial charge in [-0.3, -0.25) is 9.78 Å². The van der Waals surface area contributed by atoms with Crippen LogP contribution in [0, 0.1) is 11.3 Å². The van der Waals surface area contributed by atoms with Crippen LogP contribution in [-0.4, -0.2) is 29.4 Å². The molecule has 98 valence electrons. The first-order valence-electron chi connectivity index (χ1n) is 5.83. The lowest BCUT2D eigenvalue weighted by molar-refractivity contribution is -0.128. The van der Waals surface area contributed by atoms with Gasteiger partial charge in [-0.15, -0.1) is 0 Å². The molecule has 1 aromatic carbocycles. The number of rotatable bonds is 4. The molecule has 0 unspecified atom stereocenters. The summed E-state index contributed by atoms with van der Waals surface area (Å²) in [4.78, 5) is 26.5. The lowest BCUT2D eigenvalue weighted by atomic mass is 10.1. The second-order valence-electron chi connectivity index (χ2n) is 4.25. The normalized spacial score (nSPS) is 10.3. The van der Waals surface area contributed by atoms with E-state index in [0.717, 1.165) is 5.56 Å². The lowest BCUT2D eigenvalue weighted by Crippen LogP contribution is -2.28. The van der Waals surface area contributed by atoms with Gasteiger partial charge in [-0.25, -0.2) is 4.79 Å². The topological polar surface area (TPSA) is 90.1 Å². The molecule has 0 fully saturated rings. The molecule has 6 heteroatoms. The van der Waals surface area contributed by atoms with Crippen LogP contribution in [0.3, 0.4) is 0 Å². The van der Waals surface area contributed by atoms with Gasteiger partial charge in [0.25, 0.3) is 0 Å². The van der Waals surface area contributed by atoms with Crippen LogP contribution in [0.2, 0.25) is 0 Å². The molecule has 19 heavy (non-hydrogen) atoms. The monoisotopic (exact) mass is 259 g/mol. The molecule has 2 rings (SSSR count). The molecule has 0 saturated carbocycles. The Morgan fingerprint density at radius 3 is 3.05 bits per heavy atom. The second-order valence-corrected chi connectivity index (χ2v) is 4.25. The summed E-state index contributed by atoms with van der Waals surface area (Å²) in [5, 5.41) is 8.45. The van der Waals surface area contributed by atoms with Crippen molar-refractivity contribution >= 4 is 17.0 Å². The number of hydrogen-bond acceptors (Lipinski definition) is 4. The fourth-order valence-electron chi connectivity index (χ4n) is 1.78. The number of nitrogens with one attached hydrogen (secondary N) is 1. The highest BCUT2D eigenvalue weighted by molar-refractivity contribution is 5.78. The Hall–Kier alpha value is -2.55. The fourth-order valence-corrected chi connectivity index (χ4v) is 1.78. The molecule has 0 bridgehead atoms. The van der Waals surface area contributed by atoms with Crippen molar-refractivity contribution in [2.45, 2.75) is 12.8 Å². The molecule has 0 radical (unpaired) electrons. The summed E-state index contributed by atoms with van der Waals surface area (Å²) in [6.45, 7) is 0.522. The number of likely N-dealkylation sites (N-methyl/N-ethyl adjacent to an activating group) is 1. The number of amides is 1. The number of aromatic amines is 1. The minimum atomic E-state index is -0.478. The highest BCUT2D eigenvalue weighted by Crippen LogP contribution is 2.12. The third-order valence-corrected chi connectivity index (χ3v) is 2.88. The zero-order chi connectivity index (χ0) is 13.8. The molecule has 0 saturated heterocycles. The molecule has 0 spiro atoms. The number of aromatic nitrogens is 1. The van der Waals surface area contributed by atoms with Gasteiger partial charge in [-0.2, -0.15) is 5.26 Å². The van der Waals surface area contributed by atoms with Crippen LogP contribution in [-0.2, 0) is 11.2 Å². The Bertz CT molecular complexity index is 693. The molecule has 0 aliphatic heterocycles. The summed E-state index contributed by atoms with van der Waals surface area (Å²) < 4.78 is 4.91. The van der Waals surface area contributed by atoms with Gasteiger partial charge in [-0.05, 0) is 24.1 Å². The fraction of sp³-hybridized carbons (Fsp3) is 0.308. The molecule has 1 N–H and O–H groups in total. The van der Waals surface area contributed by atoms with E-state index < -0.39 is 5.76 Å². The van der Waals surface area contributed by atoms with E-state index in [4.69, 9.17) is 9.68 Å². The van der Waals surface area contributed by atoms with Crippen LogP contribution in [0.15, 0.2) is 27.4 Å². The van der Waals surface area contributed by atoms with Gasteiger partial charge in [0.15, 0.2) is 5.58 Å². The van der Waals surface area contributed by atoms with Crippen LogP contribution in [0.25, 0.3) is 11.1 Å². The van der Waals surface area contributed by atoms with Crippen molar-refractivity contribution in [3.8, 4) is 6.07 Å². The number of hydrogen-bond donors (Lipinski definition) is 1. The molecule has 2 aromatic rings. The Morgan fingerprint density at radius 2 is 2.32 bits per heavy atom.